The number of hydrogen-bond acceptors (Lipinski definition) is 3. The summed E-state index contributed by atoms with van der Waals surface area (Å²) in [4.78, 5) is 24.6. The summed E-state index contributed by atoms with van der Waals surface area (Å²) in [6.45, 7) is 1.92. The first-order valence-corrected chi connectivity index (χ1v) is 8.25. The van der Waals surface area contributed by atoms with Crippen LogP contribution in [0.15, 0.2) is 54.6 Å². The quantitative estimate of drug-likeness (QED) is 0.882. The van der Waals surface area contributed by atoms with Crippen molar-refractivity contribution in [3.05, 3.63) is 65.7 Å². The van der Waals surface area contributed by atoms with Gasteiger partial charge in [-0.3, -0.25) is 9.59 Å². The van der Waals surface area contributed by atoms with Gasteiger partial charge in [-0.25, -0.2) is 0 Å². The second-order valence-corrected chi connectivity index (χ2v) is 6.24. The highest BCUT2D eigenvalue weighted by Gasteiger charge is 2.48. The van der Waals surface area contributed by atoms with E-state index in [9.17, 15) is 9.59 Å². The van der Waals surface area contributed by atoms with Crippen LogP contribution in [0.1, 0.15) is 30.5 Å². The molecule has 2 amide bonds. The molecule has 2 N–H and O–H groups in total. The van der Waals surface area contributed by atoms with Crippen LogP contribution in [0.4, 0.5) is 5.69 Å². The third-order valence-corrected chi connectivity index (χ3v) is 4.43. The molecule has 126 valence electrons. The van der Waals surface area contributed by atoms with E-state index in [4.69, 9.17) is 5.26 Å². The molecule has 25 heavy (non-hydrogen) atoms. The Morgan fingerprint density at radius 1 is 1.04 bits per heavy atom. The zero-order valence-electron chi connectivity index (χ0n) is 13.9. The number of nitrogens with one attached hydrogen (secondary N) is 2. The number of carbonyl (C=O) groups excluding carboxylic acids is 2. The standard InChI is InChI=1S/C20H19N3O2/c1-13(14-7-3-2-4-8-14)22-19(24)16-11-17(16)20(25)23-18-10-6-5-9-15(18)12-21/h2-10,13,16-17H,11H2,1H3,(H,22,24)(H,23,25). The molecule has 3 rings (SSSR count). The topological polar surface area (TPSA) is 82.0 Å². The maximum absolute atomic E-state index is 12.3. The summed E-state index contributed by atoms with van der Waals surface area (Å²) in [6, 6.07) is 18.5. The fourth-order valence-electron chi connectivity index (χ4n) is 2.84. The van der Waals surface area contributed by atoms with Crippen molar-refractivity contribution in [3.63, 3.8) is 0 Å². The molecular weight excluding hydrogens is 314 g/mol. The first-order chi connectivity index (χ1) is 12.1. The van der Waals surface area contributed by atoms with Gasteiger partial charge in [0.1, 0.15) is 6.07 Å². The Balaban J connectivity index is 1.56. The summed E-state index contributed by atoms with van der Waals surface area (Å²) < 4.78 is 0. The number of nitriles is 1. The Kier molecular flexibility index (Phi) is 4.80. The van der Waals surface area contributed by atoms with Crippen molar-refractivity contribution in [3.8, 4) is 6.07 Å². The molecule has 0 spiro atoms. The largest absolute Gasteiger partial charge is 0.349 e. The molecule has 0 aliphatic heterocycles. The van der Waals surface area contributed by atoms with Gasteiger partial charge in [0.15, 0.2) is 0 Å². The summed E-state index contributed by atoms with van der Waals surface area (Å²) in [7, 11) is 0. The molecule has 3 unspecified atom stereocenters. The highest BCUT2D eigenvalue weighted by molar-refractivity contribution is 6.00. The first-order valence-electron chi connectivity index (χ1n) is 8.25. The zero-order valence-corrected chi connectivity index (χ0v) is 13.9. The van der Waals surface area contributed by atoms with Crippen LogP contribution in [0.2, 0.25) is 0 Å². The molecule has 5 nitrogen and oxygen atoms in total. The molecule has 1 fully saturated rings. The number of rotatable bonds is 5. The SMILES string of the molecule is CC(NC(=O)C1CC1C(=O)Nc1ccccc1C#N)c1ccccc1. The molecule has 0 heterocycles. The van der Waals surface area contributed by atoms with Crippen LogP contribution < -0.4 is 10.6 Å². The summed E-state index contributed by atoms with van der Waals surface area (Å²) in [5.41, 5.74) is 1.93. The van der Waals surface area contributed by atoms with E-state index in [2.05, 4.69) is 10.6 Å². The van der Waals surface area contributed by atoms with Gasteiger partial charge in [-0.05, 0) is 31.0 Å². The second-order valence-electron chi connectivity index (χ2n) is 6.24. The predicted octanol–water partition coefficient (Wildman–Crippen LogP) is 3.01. The Hall–Kier alpha value is -3.13. The summed E-state index contributed by atoms with van der Waals surface area (Å²) in [6.07, 6.45) is 0.536. The first kappa shape index (κ1) is 16.7. The van der Waals surface area contributed by atoms with Gasteiger partial charge >= 0.3 is 0 Å². The van der Waals surface area contributed by atoms with Crippen LogP contribution in [0.3, 0.4) is 0 Å². The third kappa shape index (κ3) is 3.86. The van der Waals surface area contributed by atoms with Crippen molar-refractivity contribution in [2.75, 3.05) is 5.32 Å². The van der Waals surface area contributed by atoms with Crippen LogP contribution in [0.5, 0.6) is 0 Å². The number of hydrogen-bond donors (Lipinski definition) is 2. The molecule has 1 aliphatic rings. The van der Waals surface area contributed by atoms with Crippen LogP contribution >= 0.6 is 0 Å². The lowest BCUT2D eigenvalue weighted by Gasteiger charge is -2.14. The minimum absolute atomic E-state index is 0.0997. The van der Waals surface area contributed by atoms with Gasteiger partial charge < -0.3 is 10.6 Å². The molecule has 0 radical (unpaired) electrons. The Morgan fingerprint density at radius 2 is 1.68 bits per heavy atom. The maximum atomic E-state index is 12.3. The summed E-state index contributed by atoms with van der Waals surface area (Å²) >= 11 is 0. The van der Waals surface area contributed by atoms with Crippen LogP contribution in [0.25, 0.3) is 0 Å². The molecule has 0 saturated heterocycles. The number of benzene rings is 2. The van der Waals surface area contributed by atoms with Gasteiger partial charge in [-0.1, -0.05) is 42.5 Å². The van der Waals surface area contributed by atoms with Gasteiger partial charge in [-0.15, -0.1) is 0 Å². The van der Waals surface area contributed by atoms with E-state index in [1.54, 1.807) is 24.3 Å². The highest BCUT2D eigenvalue weighted by atomic mass is 16.2. The van der Waals surface area contributed by atoms with E-state index in [0.29, 0.717) is 17.7 Å². The molecule has 0 bridgehead atoms. The van der Waals surface area contributed by atoms with Crippen molar-refractivity contribution in [2.45, 2.75) is 19.4 Å². The van der Waals surface area contributed by atoms with E-state index in [-0.39, 0.29) is 29.7 Å². The number of nitrogens with zero attached hydrogens (tertiary/aromatic N) is 1. The highest BCUT2D eigenvalue weighted by Crippen LogP contribution is 2.40. The van der Waals surface area contributed by atoms with E-state index in [0.717, 1.165) is 5.56 Å². The van der Waals surface area contributed by atoms with Gasteiger partial charge in [0.25, 0.3) is 0 Å². The molecular formula is C20H19N3O2. The van der Waals surface area contributed by atoms with Gasteiger partial charge in [0, 0.05) is 0 Å². The van der Waals surface area contributed by atoms with Crippen LogP contribution in [-0.4, -0.2) is 11.8 Å². The number of anilines is 1. The minimum atomic E-state index is -0.338. The monoisotopic (exact) mass is 333 g/mol. The predicted molar refractivity (Wildman–Crippen MR) is 94.4 cm³/mol. The van der Waals surface area contributed by atoms with Crippen molar-refractivity contribution in [1.82, 2.24) is 5.32 Å². The Morgan fingerprint density at radius 3 is 2.40 bits per heavy atom. The van der Waals surface area contributed by atoms with Crippen molar-refractivity contribution in [1.29, 1.82) is 5.26 Å². The van der Waals surface area contributed by atoms with Crippen molar-refractivity contribution in [2.24, 2.45) is 11.8 Å². The molecule has 2 aromatic carbocycles. The van der Waals surface area contributed by atoms with Crippen LogP contribution in [0, 0.1) is 23.2 Å². The summed E-state index contributed by atoms with van der Waals surface area (Å²) in [5.74, 6) is -0.963. The van der Waals surface area contributed by atoms with Gasteiger partial charge in [0.2, 0.25) is 11.8 Å². The van der Waals surface area contributed by atoms with E-state index < -0.39 is 0 Å². The average Bonchev–Trinajstić information content (AvgIpc) is 3.44. The fourth-order valence-corrected chi connectivity index (χ4v) is 2.84. The maximum Gasteiger partial charge on any atom is 0.228 e. The Bertz CT molecular complexity index is 826. The number of para-hydroxylation sites is 1. The molecule has 5 heteroatoms. The molecule has 1 aliphatic carbocycles. The van der Waals surface area contributed by atoms with E-state index in [1.165, 1.54) is 0 Å². The molecule has 0 aromatic heterocycles. The lowest BCUT2D eigenvalue weighted by Crippen LogP contribution is -2.29. The molecule has 2 aromatic rings. The lowest BCUT2D eigenvalue weighted by molar-refractivity contribution is -0.125. The smallest absolute Gasteiger partial charge is 0.228 e. The van der Waals surface area contributed by atoms with E-state index in [1.807, 2.05) is 43.3 Å². The minimum Gasteiger partial charge on any atom is -0.349 e. The molecule has 1 saturated carbocycles. The normalized spacial score (nSPS) is 19.4. The van der Waals surface area contributed by atoms with Gasteiger partial charge in [-0.2, -0.15) is 5.26 Å². The molecule has 3 atom stereocenters. The number of carbonyl (C=O) groups is 2. The van der Waals surface area contributed by atoms with Gasteiger partial charge in [0.05, 0.1) is 29.1 Å². The second kappa shape index (κ2) is 7.18. The van der Waals surface area contributed by atoms with E-state index >= 15 is 0 Å². The summed E-state index contributed by atoms with van der Waals surface area (Å²) in [5, 5.41) is 14.8. The average molecular weight is 333 g/mol. The van der Waals surface area contributed by atoms with Crippen molar-refractivity contribution < 1.29 is 9.59 Å². The lowest BCUT2D eigenvalue weighted by atomic mass is 10.1. The number of amides is 2. The zero-order chi connectivity index (χ0) is 17.8. The fraction of sp³-hybridized carbons (Fsp3) is 0.250. The Labute approximate surface area is 146 Å². The van der Waals surface area contributed by atoms with Crippen molar-refractivity contribution >= 4 is 17.5 Å². The van der Waals surface area contributed by atoms with Crippen LogP contribution in [-0.2, 0) is 9.59 Å². The third-order valence-electron chi connectivity index (χ3n) is 4.43.